The number of carbonyl (C=O) groups excluding carboxylic acids is 7. The zero-order valence-electron chi connectivity index (χ0n) is 31.5. The molecular formula is C39H39N7O10S2. The number of nitrogens with one attached hydrogen (secondary N) is 3. The van der Waals surface area contributed by atoms with Gasteiger partial charge in [0.25, 0.3) is 17.1 Å². The predicted molar refractivity (Wildman–Crippen MR) is 211 cm³/mol. The van der Waals surface area contributed by atoms with Crippen LogP contribution in [0, 0.1) is 0 Å². The van der Waals surface area contributed by atoms with E-state index < -0.39 is 17.9 Å². The number of aromatic nitrogens is 2. The summed E-state index contributed by atoms with van der Waals surface area (Å²) in [4.78, 5) is 95.2. The number of anilines is 1. The number of carbonyl (C=O) groups is 7. The highest BCUT2D eigenvalue weighted by molar-refractivity contribution is 8.18. The van der Waals surface area contributed by atoms with Gasteiger partial charge < -0.3 is 34.0 Å². The molecule has 0 saturated carbocycles. The van der Waals surface area contributed by atoms with E-state index in [1.54, 1.807) is 54.8 Å². The molecule has 17 nitrogen and oxygen atoms in total. The van der Waals surface area contributed by atoms with Crippen LogP contribution in [0.1, 0.15) is 48.4 Å². The second kappa shape index (κ2) is 17.8. The number of nitrogens with zero attached hydrogens (tertiary/aromatic N) is 4. The van der Waals surface area contributed by atoms with E-state index in [9.17, 15) is 33.6 Å². The molecule has 0 radical (unpaired) electrons. The second-order valence-electron chi connectivity index (χ2n) is 13.7. The van der Waals surface area contributed by atoms with Crippen molar-refractivity contribution in [2.24, 2.45) is 0 Å². The maximum absolute atomic E-state index is 13.0. The number of fused-ring (bicyclic) bond motifs is 2. The monoisotopic (exact) mass is 829 g/mol. The molecule has 5 heterocycles. The maximum Gasteiger partial charge on any atom is 0.293 e. The summed E-state index contributed by atoms with van der Waals surface area (Å²) >= 11 is 2.09. The van der Waals surface area contributed by atoms with Crippen LogP contribution in [0.3, 0.4) is 0 Å². The van der Waals surface area contributed by atoms with Crippen molar-refractivity contribution in [3.8, 4) is 0 Å². The van der Waals surface area contributed by atoms with Crippen molar-refractivity contribution in [3.63, 3.8) is 0 Å². The van der Waals surface area contributed by atoms with Crippen LogP contribution in [0.15, 0.2) is 74.2 Å². The highest BCUT2D eigenvalue weighted by Gasteiger charge is 2.40. The van der Waals surface area contributed by atoms with Gasteiger partial charge in [-0.05, 0) is 80.2 Å². The molecule has 19 heteroatoms. The molecule has 4 aromatic rings. The lowest BCUT2D eigenvalue weighted by Crippen LogP contribution is -2.52. The fourth-order valence-electron chi connectivity index (χ4n) is 6.63. The quantitative estimate of drug-likeness (QED) is 0.0835. The van der Waals surface area contributed by atoms with Crippen LogP contribution < -0.4 is 16.0 Å². The van der Waals surface area contributed by atoms with Crippen molar-refractivity contribution in [2.75, 3.05) is 38.3 Å². The van der Waals surface area contributed by atoms with Crippen molar-refractivity contribution in [1.82, 2.24) is 30.0 Å². The Morgan fingerprint density at radius 3 is 2.60 bits per heavy atom. The lowest BCUT2D eigenvalue weighted by molar-refractivity contribution is -0.137. The van der Waals surface area contributed by atoms with E-state index in [4.69, 9.17) is 18.9 Å². The van der Waals surface area contributed by atoms with E-state index in [1.807, 2.05) is 24.3 Å². The van der Waals surface area contributed by atoms with Gasteiger partial charge in [0.1, 0.15) is 25.0 Å². The molecule has 2 aromatic carbocycles. The Morgan fingerprint density at radius 1 is 1.00 bits per heavy atom. The first-order valence-corrected chi connectivity index (χ1v) is 20.1. The van der Waals surface area contributed by atoms with Crippen LogP contribution in [0.25, 0.3) is 17.1 Å². The van der Waals surface area contributed by atoms with Gasteiger partial charge in [-0.1, -0.05) is 18.2 Å². The van der Waals surface area contributed by atoms with Crippen LogP contribution in [-0.4, -0.2) is 105 Å². The molecule has 0 spiro atoms. The van der Waals surface area contributed by atoms with Crippen LogP contribution >= 0.6 is 23.5 Å². The minimum atomic E-state index is -0.761. The SMILES string of the molecule is CC(C)N1C(=O)SC(=Cc2ccc(Sc3nc4ccccc4n3CC(=O)NCCOCCOCC(=O)Nc3cccc4c3CN(C3CCC(=O)NC3=O)C4=O)o2)C1=O. The molecule has 0 bridgehead atoms. The highest BCUT2D eigenvalue weighted by Crippen LogP contribution is 2.36. The molecule has 1 unspecified atom stereocenters. The zero-order valence-corrected chi connectivity index (χ0v) is 33.1. The number of thioether (sulfide) groups is 1. The molecule has 2 saturated heterocycles. The number of imidazole rings is 1. The third-order valence-corrected chi connectivity index (χ3v) is 11.2. The minimum absolute atomic E-state index is 0.0231. The van der Waals surface area contributed by atoms with Crippen molar-refractivity contribution < 1.29 is 47.5 Å². The fourth-order valence-corrected chi connectivity index (χ4v) is 8.44. The third-order valence-electron chi connectivity index (χ3n) is 9.36. The number of furan rings is 1. The number of benzene rings is 2. The molecule has 0 aliphatic carbocycles. The number of para-hydroxylation sites is 2. The van der Waals surface area contributed by atoms with E-state index in [0.29, 0.717) is 38.3 Å². The summed E-state index contributed by atoms with van der Waals surface area (Å²) in [7, 11) is 0. The van der Waals surface area contributed by atoms with Crippen molar-refractivity contribution in [3.05, 3.63) is 76.4 Å². The zero-order chi connectivity index (χ0) is 40.9. The average Bonchev–Trinajstić information content (AvgIpc) is 3.94. The normalized spacial score (nSPS) is 17.5. The standard InChI is InChI=1S/C39H39N7O10S2/c1-22(2)46-37(52)30(57-39(46)53)18-23-10-13-34(56-23)58-38-42-27-7-3-4-9-28(27)45(38)20-32(48)40-14-15-54-16-17-55-21-33(49)41-26-8-5-6-24-25(26)19-44(36(24)51)29-11-12-31(47)43-35(29)50/h3-10,13,18,22,29H,11-12,14-17,19-21H2,1-2H3,(H,40,48)(H,41,49)(H,43,47,50). The molecule has 3 N–H and O–H groups in total. The van der Waals surface area contributed by atoms with Gasteiger partial charge in [0.2, 0.25) is 23.6 Å². The number of imide groups is 2. The lowest BCUT2D eigenvalue weighted by atomic mass is 10.0. The van der Waals surface area contributed by atoms with E-state index in [1.165, 1.54) is 21.6 Å². The Balaban J connectivity index is 0.834. The summed E-state index contributed by atoms with van der Waals surface area (Å²) in [5, 5.41) is 8.57. The molecule has 3 aliphatic rings. The molecule has 7 rings (SSSR count). The topological polar surface area (TPSA) is 211 Å². The van der Waals surface area contributed by atoms with E-state index in [2.05, 4.69) is 16.0 Å². The first-order chi connectivity index (χ1) is 28.0. The van der Waals surface area contributed by atoms with Gasteiger partial charge in [-0.25, -0.2) is 4.98 Å². The fraction of sp³-hybridized carbons (Fsp3) is 0.333. The number of hydrogen-bond donors (Lipinski definition) is 3. The summed E-state index contributed by atoms with van der Waals surface area (Å²) < 4.78 is 18.8. The smallest absolute Gasteiger partial charge is 0.293 e. The molecular weight excluding hydrogens is 791 g/mol. The van der Waals surface area contributed by atoms with Crippen molar-refractivity contribution in [1.29, 1.82) is 0 Å². The average molecular weight is 830 g/mol. The Bertz CT molecular complexity index is 2340. The van der Waals surface area contributed by atoms with E-state index in [0.717, 1.165) is 17.3 Å². The van der Waals surface area contributed by atoms with Gasteiger partial charge in [0.15, 0.2) is 10.2 Å². The Morgan fingerprint density at radius 2 is 1.81 bits per heavy atom. The van der Waals surface area contributed by atoms with Gasteiger partial charge in [0, 0.05) is 48.4 Å². The van der Waals surface area contributed by atoms with Crippen molar-refractivity contribution >= 4 is 87.0 Å². The van der Waals surface area contributed by atoms with Crippen LogP contribution in [0.5, 0.6) is 0 Å². The summed E-state index contributed by atoms with van der Waals surface area (Å²) in [6.07, 6.45) is 1.93. The van der Waals surface area contributed by atoms with E-state index in [-0.39, 0.29) is 98.7 Å². The summed E-state index contributed by atoms with van der Waals surface area (Å²) in [6, 6.07) is 14.8. The number of amides is 7. The Labute approximate surface area is 340 Å². The molecule has 3 aliphatic heterocycles. The number of piperidine rings is 1. The minimum Gasteiger partial charge on any atom is -0.450 e. The Kier molecular flexibility index (Phi) is 12.4. The van der Waals surface area contributed by atoms with Gasteiger partial charge in [-0.15, -0.1) is 0 Å². The maximum atomic E-state index is 13.0. The largest absolute Gasteiger partial charge is 0.450 e. The van der Waals surface area contributed by atoms with Gasteiger partial charge in [0.05, 0.1) is 35.8 Å². The number of ether oxygens (including phenoxy) is 2. The molecule has 2 aromatic heterocycles. The summed E-state index contributed by atoms with van der Waals surface area (Å²) in [5.41, 5.74) is 2.86. The lowest BCUT2D eigenvalue weighted by Gasteiger charge is -2.29. The first kappa shape index (κ1) is 40.4. The summed E-state index contributed by atoms with van der Waals surface area (Å²) in [5.74, 6) is -1.87. The molecule has 58 heavy (non-hydrogen) atoms. The number of rotatable bonds is 16. The van der Waals surface area contributed by atoms with Crippen LogP contribution in [0.2, 0.25) is 0 Å². The van der Waals surface area contributed by atoms with E-state index >= 15 is 0 Å². The first-order valence-electron chi connectivity index (χ1n) is 18.5. The van der Waals surface area contributed by atoms with Crippen LogP contribution in [-0.2, 0) is 46.5 Å². The summed E-state index contributed by atoms with van der Waals surface area (Å²) in [6.45, 7) is 4.11. The molecule has 7 amide bonds. The molecule has 2 fully saturated rings. The molecule has 302 valence electrons. The Hall–Kier alpha value is -5.76. The van der Waals surface area contributed by atoms with Gasteiger partial charge >= 0.3 is 0 Å². The molecule has 1 atom stereocenters. The van der Waals surface area contributed by atoms with Crippen molar-refractivity contribution in [2.45, 2.75) is 62.1 Å². The van der Waals surface area contributed by atoms with Gasteiger partial charge in [-0.3, -0.25) is 43.8 Å². The number of hydrogen-bond acceptors (Lipinski definition) is 13. The highest BCUT2D eigenvalue weighted by atomic mass is 32.2. The van der Waals surface area contributed by atoms with Crippen LogP contribution in [0.4, 0.5) is 10.5 Å². The predicted octanol–water partition coefficient (Wildman–Crippen LogP) is 3.77. The third kappa shape index (κ3) is 9.02. The second-order valence-corrected chi connectivity index (χ2v) is 15.6. The van der Waals surface area contributed by atoms with Gasteiger partial charge in [-0.2, -0.15) is 0 Å².